The molecule has 17 aliphatic heterocycles. The predicted molar refractivity (Wildman–Crippen MR) is 475 cm³/mol. The molecule has 2 unspecified atom stereocenters. The third kappa shape index (κ3) is 18.4. The number of fused-ring (bicyclic) bond motifs is 5. The first-order valence-corrected chi connectivity index (χ1v) is 45.5. The lowest BCUT2D eigenvalue weighted by Crippen LogP contribution is -2.59. The summed E-state index contributed by atoms with van der Waals surface area (Å²) in [5, 5.41) is 44.8. The van der Waals surface area contributed by atoms with E-state index in [-0.39, 0.29) is 85.1 Å². The number of ether oxygens (including phenoxy) is 16. The maximum atomic E-state index is 12.4. The van der Waals surface area contributed by atoms with Gasteiger partial charge in [0.2, 0.25) is 23.6 Å². The first kappa shape index (κ1) is 106. The summed E-state index contributed by atoms with van der Waals surface area (Å²) >= 11 is 5.84. The first-order chi connectivity index (χ1) is 63.1. The topological polar surface area (TPSA) is 512 Å². The van der Waals surface area contributed by atoms with E-state index in [1.807, 2.05) is 104 Å². The zero-order valence-electron chi connectivity index (χ0n) is 80.3. The van der Waals surface area contributed by atoms with Gasteiger partial charge in [0.25, 0.3) is 0 Å². The van der Waals surface area contributed by atoms with Gasteiger partial charge in [-0.15, -0.1) is 19.3 Å². The van der Waals surface area contributed by atoms with E-state index in [0.29, 0.717) is 32.1 Å². The van der Waals surface area contributed by atoms with Gasteiger partial charge in [0, 0.05) is 42.7 Å². The molecule has 0 aliphatic carbocycles. The lowest BCUT2D eigenvalue weighted by molar-refractivity contribution is -0.243. The first-order valence-electron chi connectivity index (χ1n) is 45.1. The van der Waals surface area contributed by atoms with Crippen LogP contribution in [-0.2, 0) is 119 Å². The number of nitrogens with one attached hydrogen (secondary N) is 2. The van der Waals surface area contributed by atoms with Crippen LogP contribution in [0.2, 0.25) is 0 Å². The Morgan fingerprint density at radius 3 is 0.985 bits per heavy atom. The molecule has 0 bridgehead atoms. The highest BCUT2D eigenvalue weighted by Crippen LogP contribution is 2.60. The van der Waals surface area contributed by atoms with Crippen molar-refractivity contribution in [3.63, 3.8) is 0 Å². The quantitative estimate of drug-likeness (QED) is 0.0653. The summed E-state index contributed by atoms with van der Waals surface area (Å²) in [5.74, 6) is 1.01. The number of carbonyl (C=O) groups excluding carboxylic acids is 11. The summed E-state index contributed by atoms with van der Waals surface area (Å²) in [6.07, 6.45) is 27.9. The minimum Gasteiger partial charge on any atom is -0.393 e. The zero-order chi connectivity index (χ0) is 101. The van der Waals surface area contributed by atoms with Crippen molar-refractivity contribution in [1.82, 2.24) is 40.0 Å². The number of terminal acetylenes is 3. The van der Waals surface area contributed by atoms with Gasteiger partial charge in [-0.25, -0.2) is 9.59 Å². The van der Waals surface area contributed by atoms with E-state index in [4.69, 9.17) is 118 Å². The van der Waals surface area contributed by atoms with Crippen molar-refractivity contribution in [2.45, 2.75) is 386 Å². The molecule has 0 radical (unpaired) electrons. The number of nitrogens with two attached hydrogens (primary N) is 2. The monoisotopic (exact) mass is 1930 g/mol. The Bertz CT molecular complexity index is 5110. The number of nitrogens with zero attached hydrogens (tertiary/aromatic N) is 6. The van der Waals surface area contributed by atoms with Gasteiger partial charge in [0.05, 0.1) is 51.2 Å². The van der Waals surface area contributed by atoms with Gasteiger partial charge in [-0.05, 0) is 185 Å². The highest BCUT2D eigenvalue weighted by molar-refractivity contribution is 6.25. The number of carbonyl (C=O) groups is 11. The number of allylic oxidation sites excluding steroid dienone is 4. The number of hydrogen-bond acceptors (Lipinski definition) is 33. The van der Waals surface area contributed by atoms with Crippen molar-refractivity contribution in [1.29, 1.82) is 0 Å². The largest absolute Gasteiger partial charge is 0.393 e. The van der Waals surface area contributed by atoms with Crippen molar-refractivity contribution >= 4 is 76.7 Å². The van der Waals surface area contributed by atoms with Gasteiger partial charge in [-0.1, -0.05) is 64.0 Å². The smallest absolute Gasteiger partial charge is 0.325 e. The molecule has 0 aromatic carbocycles. The van der Waals surface area contributed by atoms with E-state index >= 15 is 0 Å². The van der Waals surface area contributed by atoms with Crippen LogP contribution in [0.1, 0.15) is 203 Å². The van der Waals surface area contributed by atoms with Crippen LogP contribution in [0.5, 0.6) is 0 Å². The van der Waals surface area contributed by atoms with E-state index < -0.39 is 195 Å². The molecule has 8 amide bonds. The fourth-order valence-electron chi connectivity index (χ4n) is 21.0. The van der Waals surface area contributed by atoms with Crippen LogP contribution in [0.3, 0.4) is 0 Å². The second-order valence-corrected chi connectivity index (χ2v) is 39.7. The van der Waals surface area contributed by atoms with Crippen LogP contribution in [0.25, 0.3) is 0 Å². The highest BCUT2D eigenvalue weighted by atomic mass is 35.5. The van der Waals surface area contributed by atoms with Crippen molar-refractivity contribution in [3.05, 3.63) is 85.3 Å². The van der Waals surface area contributed by atoms with Crippen LogP contribution in [0, 0.1) is 37.0 Å². The number of rotatable bonds is 15. The summed E-state index contributed by atoms with van der Waals surface area (Å²) in [5.41, 5.74) is -0.590. The summed E-state index contributed by atoms with van der Waals surface area (Å²) in [6.45, 7) is 37.0. The summed E-state index contributed by atoms with van der Waals surface area (Å²) in [4.78, 5) is 139. The molecule has 17 heterocycles. The molecular formula is C94H127ClN10O31. The second kappa shape index (κ2) is 37.2. The Kier molecular flexibility index (Phi) is 29.0. The Labute approximate surface area is 794 Å². The zero-order valence-corrected chi connectivity index (χ0v) is 81.0. The van der Waals surface area contributed by atoms with Crippen LogP contribution in [-0.4, -0.2) is 311 Å². The summed E-state index contributed by atoms with van der Waals surface area (Å²) in [6, 6.07) is -0.967. The van der Waals surface area contributed by atoms with Gasteiger partial charge < -0.3 is 123 Å². The minimum atomic E-state index is -1.86. The van der Waals surface area contributed by atoms with E-state index in [0.717, 1.165) is 11.2 Å². The Morgan fingerprint density at radius 2 is 0.691 bits per heavy atom. The van der Waals surface area contributed by atoms with Crippen LogP contribution in [0.4, 0.5) is 9.59 Å². The molecule has 26 atom stereocenters. The van der Waals surface area contributed by atoms with E-state index in [9.17, 15) is 73.2 Å². The normalized spacial score (nSPS) is 42.8. The van der Waals surface area contributed by atoms with Crippen molar-refractivity contribution in [2.24, 2.45) is 11.5 Å². The second-order valence-electron chi connectivity index (χ2n) is 39.4. The Hall–Kier alpha value is -8.96. The number of halogens is 1. The van der Waals surface area contributed by atoms with Gasteiger partial charge in [-0.2, -0.15) is 0 Å². The fraction of sp³-hybridized carbons (Fsp3) is 0.670. The lowest BCUT2D eigenvalue weighted by Gasteiger charge is -2.37. The summed E-state index contributed by atoms with van der Waals surface area (Å²) < 4.78 is 96.7. The van der Waals surface area contributed by atoms with E-state index in [1.54, 1.807) is 53.0 Å². The molecule has 17 aliphatic rings. The minimum absolute atomic E-state index is 0.175. The van der Waals surface area contributed by atoms with E-state index in [1.165, 1.54) is 98.3 Å². The van der Waals surface area contributed by atoms with Gasteiger partial charge in [0.15, 0.2) is 118 Å². The number of aliphatic hydroxyl groups excluding tert-OH is 3. The molecule has 746 valence electrons. The number of ketones is 4. The van der Waals surface area contributed by atoms with Crippen LogP contribution < -0.4 is 22.1 Å². The predicted octanol–water partition coefficient (Wildman–Crippen LogP) is 3.95. The number of urea groups is 2. The maximum Gasteiger partial charge on any atom is 0.325 e. The molecule has 0 spiro atoms. The maximum absolute atomic E-state index is 12.4. The van der Waals surface area contributed by atoms with Crippen molar-refractivity contribution < 1.29 is 149 Å². The van der Waals surface area contributed by atoms with Crippen LogP contribution >= 0.6 is 11.6 Å². The SMILES string of the molecule is C#C[C@]1(CC)O[C@@H](N2C=CC(=O)CC2=O)[C@]2(C)OC(C)(C)O[C@@H]21.C#C[C@]1(CC)O[C@@H](N2C=CC(N)NC2=O)[C@]2(C)OC(C)(C)O[C@@H]21.C#C[C@]1(CO)O[C@@H](N2C=CC(N)NC2=O)[C@](C)(O)[C@@H]1O.CC[C@@]1(C=CCl)O[C@@H](N2C=CC(=O)CC2=O)[C@]2(C)OC(C)(C)O[C@@H]21.CC[C@@]1(C=O)O[C@@H](N2C=CC(=O)CC2=O)[C@]2(C)OC(C)(C)O[C@@H]21.CC[C@@]1(CO)O[C@@H](N2C=CC(=O)CC2=O)[C@]2(C)OC(C)(C)O[C@H]12. The number of amides is 8. The molecule has 10 N–H and O–H groups in total. The molecule has 41 nitrogen and oxygen atoms in total. The molecule has 42 heteroatoms. The molecule has 0 saturated carbocycles. The van der Waals surface area contributed by atoms with E-state index in [2.05, 4.69) is 28.4 Å². The third-order valence-corrected chi connectivity index (χ3v) is 27.3. The number of hydrogen-bond donors (Lipinski definition) is 8. The van der Waals surface area contributed by atoms with Crippen LogP contribution in [0.15, 0.2) is 85.3 Å². The molecule has 0 aromatic heterocycles. The average molecular weight is 1930 g/mol. The fourth-order valence-corrected chi connectivity index (χ4v) is 21.2. The van der Waals surface area contributed by atoms with Crippen molar-refractivity contribution in [3.8, 4) is 37.0 Å². The van der Waals surface area contributed by atoms with Gasteiger partial charge >= 0.3 is 12.1 Å². The molecule has 11 fully saturated rings. The third-order valence-electron chi connectivity index (χ3n) is 27.2. The molecular weight excluding hydrogens is 1800 g/mol. The Balaban J connectivity index is 0.000000147. The molecule has 11 saturated heterocycles. The average Bonchev–Trinajstić information content (AvgIpc) is 1.55. The number of aldehydes is 1. The lowest BCUT2D eigenvalue weighted by atomic mass is 9.85. The van der Waals surface area contributed by atoms with Crippen molar-refractivity contribution in [2.75, 3.05) is 13.2 Å². The number of aliphatic hydroxyl groups is 4. The van der Waals surface area contributed by atoms with Gasteiger partial charge in [0.1, 0.15) is 81.4 Å². The standard InChI is InChI=1S/C17H22ClNO5.C17H21NO5.C16H23N3O4.C16H23NO6.C16H21NO6.C12H17N3O5/c1-5-17(7-8-18)13-16(4,24-15(2,3)22-13)14(23-17)19-9-6-11(20)10-12(19)21;1-6-17(7-2)13-16(5,23-15(3,4)21-13)14(22-17)18-9-8-11(19)10-12(18)20;1-6-16(7-2)11-15(5,23-14(3,4)21-11)12(22-16)19-9-8-10(17)18-13(19)20;2*1-5-16(9-18)12-15(4,23-14(2,3)21-12)13(22-16)17-7-6-10(19)8-11(17)20;1-3-12(6-16)8(17)11(2,19)9(20-12)15-5-4-7(13)14-10(15)18/h6-9,13-14H,5,10H2,1-4H3;1,8-9,13-14H,7,10H2,2-5H3;1,8-12H,7,17H2,2-5H3,(H,18,20);6-7,12-13,18H,5,8-9H2,1-4H3;6-7,9,12-13H,5,8H2,1-4H3;1,4-5,7-9,16-17,19H,6,13H2,2H3,(H,14,18)/t13-,14+,16+,17-;13-,14+,16+,17+;10?,11-,12+,15+,16+;2*12-,13+,15+,16-;7?,8-,9+,11+,12+/m000000/s1. The highest BCUT2D eigenvalue weighted by Gasteiger charge is 2.77. The summed E-state index contributed by atoms with van der Waals surface area (Å²) in [7, 11) is 0. The molecule has 136 heavy (non-hydrogen) atoms. The molecule has 0 aromatic rings. The molecule has 17 rings (SSSR count). The Morgan fingerprint density at radius 1 is 0.397 bits per heavy atom. The van der Waals surface area contributed by atoms with Gasteiger partial charge in [-0.3, -0.25) is 67.8 Å².